The van der Waals surface area contributed by atoms with Gasteiger partial charge in [0, 0.05) is 58.1 Å². The summed E-state index contributed by atoms with van der Waals surface area (Å²) >= 11 is 0. The topological polar surface area (TPSA) is 47.4 Å². The fourth-order valence-electron chi connectivity index (χ4n) is 3.19. The molecule has 1 saturated heterocycles. The normalized spacial score (nSPS) is 16.2. The minimum Gasteiger partial charge on any atom is -0.385 e. The Morgan fingerprint density at radius 1 is 1.32 bits per heavy atom. The molecule has 1 aliphatic heterocycles. The van der Waals surface area contributed by atoms with Gasteiger partial charge in [0.15, 0.2) is 0 Å². The molecular formula is C17H29N3O2. The zero-order chi connectivity index (χ0) is 15.8. The van der Waals surface area contributed by atoms with Gasteiger partial charge < -0.3 is 14.2 Å². The molecule has 22 heavy (non-hydrogen) atoms. The predicted molar refractivity (Wildman–Crippen MR) is 86.8 cm³/mol. The number of aromatic nitrogens is 2. The third-order valence-electron chi connectivity index (χ3n) is 4.54. The Morgan fingerprint density at radius 3 is 2.77 bits per heavy atom. The molecule has 1 aromatic rings. The smallest absolute Gasteiger partial charge is 0.222 e. The van der Waals surface area contributed by atoms with E-state index in [-0.39, 0.29) is 0 Å². The maximum absolute atomic E-state index is 12.2. The first-order valence-electron chi connectivity index (χ1n) is 8.54. The van der Waals surface area contributed by atoms with Crippen LogP contribution in [0.1, 0.15) is 57.2 Å². The van der Waals surface area contributed by atoms with Crippen LogP contribution in [0.2, 0.25) is 0 Å². The summed E-state index contributed by atoms with van der Waals surface area (Å²) in [5.41, 5.74) is 0. The van der Waals surface area contributed by atoms with Crippen molar-refractivity contribution in [3.63, 3.8) is 0 Å². The fourth-order valence-corrected chi connectivity index (χ4v) is 3.19. The lowest BCUT2D eigenvalue weighted by atomic mass is 9.95. The summed E-state index contributed by atoms with van der Waals surface area (Å²) in [6.45, 7) is 5.66. The van der Waals surface area contributed by atoms with E-state index in [4.69, 9.17) is 4.74 Å². The Labute approximate surface area is 133 Å². The zero-order valence-electron chi connectivity index (χ0n) is 14.0. The molecule has 0 atom stereocenters. The van der Waals surface area contributed by atoms with Gasteiger partial charge in [-0.1, -0.05) is 6.42 Å². The van der Waals surface area contributed by atoms with E-state index in [0.29, 0.717) is 18.2 Å². The average Bonchev–Trinajstić information content (AvgIpc) is 3.03. The van der Waals surface area contributed by atoms with Gasteiger partial charge in [-0.25, -0.2) is 4.98 Å². The van der Waals surface area contributed by atoms with Crippen LogP contribution in [0.3, 0.4) is 0 Å². The van der Waals surface area contributed by atoms with Crippen molar-refractivity contribution in [2.75, 3.05) is 26.8 Å². The number of amides is 1. The van der Waals surface area contributed by atoms with Crippen molar-refractivity contribution in [3.8, 4) is 0 Å². The van der Waals surface area contributed by atoms with Crippen molar-refractivity contribution in [1.82, 2.24) is 14.5 Å². The number of ether oxygens (including phenoxy) is 1. The number of hydrogen-bond donors (Lipinski definition) is 0. The van der Waals surface area contributed by atoms with Crippen LogP contribution >= 0.6 is 0 Å². The fraction of sp³-hybridized carbons (Fsp3) is 0.765. The first-order chi connectivity index (χ1) is 10.8. The average molecular weight is 307 g/mol. The van der Waals surface area contributed by atoms with Crippen molar-refractivity contribution in [2.24, 2.45) is 0 Å². The molecule has 124 valence electrons. The molecule has 0 unspecified atom stereocenters. The van der Waals surface area contributed by atoms with Crippen LogP contribution in [0.15, 0.2) is 12.4 Å². The summed E-state index contributed by atoms with van der Waals surface area (Å²) in [4.78, 5) is 18.8. The van der Waals surface area contributed by atoms with Gasteiger partial charge in [-0.2, -0.15) is 0 Å². The molecule has 1 aliphatic rings. The number of carbonyl (C=O) groups is 1. The molecule has 0 radical (unpaired) electrons. The second-order valence-electron chi connectivity index (χ2n) is 6.03. The summed E-state index contributed by atoms with van der Waals surface area (Å²) in [7, 11) is 1.72. The number of carbonyl (C=O) groups excluding carboxylic acids is 1. The Bertz CT molecular complexity index is 451. The monoisotopic (exact) mass is 307 g/mol. The van der Waals surface area contributed by atoms with E-state index in [1.54, 1.807) is 7.11 Å². The maximum atomic E-state index is 12.2. The van der Waals surface area contributed by atoms with E-state index in [2.05, 4.69) is 16.5 Å². The lowest BCUT2D eigenvalue weighted by Gasteiger charge is -2.32. The van der Waals surface area contributed by atoms with Crippen molar-refractivity contribution in [1.29, 1.82) is 0 Å². The molecule has 0 saturated carbocycles. The summed E-state index contributed by atoms with van der Waals surface area (Å²) in [5.74, 6) is 2.00. The second kappa shape index (κ2) is 8.93. The van der Waals surface area contributed by atoms with E-state index >= 15 is 0 Å². The zero-order valence-corrected chi connectivity index (χ0v) is 14.0. The minimum absolute atomic E-state index is 0.315. The van der Waals surface area contributed by atoms with E-state index in [0.717, 1.165) is 58.3 Å². The number of hydrogen-bond acceptors (Lipinski definition) is 3. The van der Waals surface area contributed by atoms with E-state index in [1.165, 1.54) is 5.82 Å². The first kappa shape index (κ1) is 17.0. The lowest BCUT2D eigenvalue weighted by molar-refractivity contribution is -0.132. The number of aryl methyl sites for hydroxylation is 1. The number of unbranched alkanes of at least 4 members (excludes halogenated alkanes) is 2. The number of nitrogens with zero attached hydrogens (tertiary/aromatic N) is 3. The summed E-state index contributed by atoms with van der Waals surface area (Å²) in [6, 6.07) is 0. The molecule has 2 rings (SSSR count). The number of methoxy groups -OCH3 is 1. The summed E-state index contributed by atoms with van der Waals surface area (Å²) < 4.78 is 7.25. The van der Waals surface area contributed by atoms with Gasteiger partial charge in [0.05, 0.1) is 0 Å². The highest BCUT2D eigenvalue weighted by Gasteiger charge is 2.25. The molecule has 5 nitrogen and oxygen atoms in total. The summed E-state index contributed by atoms with van der Waals surface area (Å²) in [5, 5.41) is 0. The van der Waals surface area contributed by atoms with E-state index < -0.39 is 0 Å². The highest BCUT2D eigenvalue weighted by Crippen LogP contribution is 2.27. The van der Waals surface area contributed by atoms with Crippen LogP contribution in [0.4, 0.5) is 0 Å². The third-order valence-corrected chi connectivity index (χ3v) is 4.54. The number of rotatable bonds is 8. The molecule has 1 aromatic heterocycles. The van der Waals surface area contributed by atoms with Gasteiger partial charge in [-0.3, -0.25) is 4.79 Å². The number of piperidine rings is 1. The van der Waals surface area contributed by atoms with Crippen LogP contribution in [-0.4, -0.2) is 47.2 Å². The molecule has 0 aromatic carbocycles. The summed E-state index contributed by atoms with van der Waals surface area (Å²) in [6.07, 6.45) is 9.78. The molecule has 0 aliphatic carbocycles. The SMILES string of the molecule is CCn1ccnc1C1CCN(C(=O)CCCCCOC)CC1. The highest BCUT2D eigenvalue weighted by atomic mass is 16.5. The Kier molecular flexibility index (Phi) is 6.90. The maximum Gasteiger partial charge on any atom is 0.222 e. The predicted octanol–water partition coefficient (Wildman–Crippen LogP) is 2.82. The third kappa shape index (κ3) is 4.57. The molecule has 0 bridgehead atoms. The minimum atomic E-state index is 0.315. The Hall–Kier alpha value is -1.36. The van der Waals surface area contributed by atoms with Crippen LogP contribution in [-0.2, 0) is 16.1 Å². The molecule has 0 N–H and O–H groups in total. The standard InChI is InChI=1S/C17H29N3O2/c1-3-19-13-10-18-17(19)15-8-11-20(12-9-15)16(21)7-5-4-6-14-22-2/h10,13,15H,3-9,11-12,14H2,1-2H3. The van der Waals surface area contributed by atoms with E-state index in [1.807, 2.05) is 17.3 Å². The lowest BCUT2D eigenvalue weighted by Crippen LogP contribution is -2.38. The molecule has 0 spiro atoms. The second-order valence-corrected chi connectivity index (χ2v) is 6.03. The molecule has 1 amide bonds. The highest BCUT2D eigenvalue weighted by molar-refractivity contribution is 5.76. The molecule has 1 fully saturated rings. The van der Waals surface area contributed by atoms with Crippen LogP contribution in [0, 0.1) is 0 Å². The molecular weight excluding hydrogens is 278 g/mol. The van der Waals surface area contributed by atoms with Crippen LogP contribution < -0.4 is 0 Å². The van der Waals surface area contributed by atoms with Crippen LogP contribution in [0.25, 0.3) is 0 Å². The molecule has 5 heteroatoms. The van der Waals surface area contributed by atoms with Gasteiger partial charge in [-0.05, 0) is 32.6 Å². The molecule has 2 heterocycles. The Morgan fingerprint density at radius 2 is 2.09 bits per heavy atom. The Balaban J connectivity index is 1.71. The van der Waals surface area contributed by atoms with Crippen molar-refractivity contribution < 1.29 is 9.53 Å². The van der Waals surface area contributed by atoms with Crippen molar-refractivity contribution >= 4 is 5.91 Å². The number of imidazole rings is 1. The van der Waals surface area contributed by atoms with Gasteiger partial charge in [0.2, 0.25) is 5.91 Å². The van der Waals surface area contributed by atoms with Gasteiger partial charge in [0.25, 0.3) is 0 Å². The quantitative estimate of drug-likeness (QED) is 0.694. The van der Waals surface area contributed by atoms with Crippen LogP contribution in [0.5, 0.6) is 0 Å². The first-order valence-corrected chi connectivity index (χ1v) is 8.54. The largest absolute Gasteiger partial charge is 0.385 e. The van der Waals surface area contributed by atoms with E-state index in [9.17, 15) is 4.79 Å². The van der Waals surface area contributed by atoms with Gasteiger partial charge >= 0.3 is 0 Å². The van der Waals surface area contributed by atoms with Gasteiger partial charge in [0.1, 0.15) is 5.82 Å². The van der Waals surface area contributed by atoms with Gasteiger partial charge in [-0.15, -0.1) is 0 Å². The number of likely N-dealkylation sites (tertiary alicyclic amines) is 1. The van der Waals surface area contributed by atoms with Crippen molar-refractivity contribution in [3.05, 3.63) is 18.2 Å². The van der Waals surface area contributed by atoms with Crippen molar-refractivity contribution in [2.45, 2.75) is 57.9 Å².